The maximum Gasteiger partial charge on any atom is 0.303 e. The smallest absolute Gasteiger partial charge is 0.303 e. The van der Waals surface area contributed by atoms with E-state index in [1.165, 1.54) is 32.6 Å². The van der Waals surface area contributed by atoms with Gasteiger partial charge in [-0.25, -0.2) is 0 Å². The van der Waals surface area contributed by atoms with Gasteiger partial charge in [0, 0.05) is 31.3 Å². The first-order valence-corrected chi connectivity index (χ1v) is 13.7. The number of carbonyl (C=O) groups excluding carboxylic acids is 6. The van der Waals surface area contributed by atoms with Crippen LogP contribution in [0.4, 0.5) is 5.69 Å². The Bertz CT molecular complexity index is 1080. The minimum absolute atomic E-state index is 0.00335. The van der Waals surface area contributed by atoms with Crippen molar-refractivity contribution in [3.63, 3.8) is 0 Å². The maximum absolute atomic E-state index is 13.1. The summed E-state index contributed by atoms with van der Waals surface area (Å²) in [5, 5.41) is 1.75. The summed E-state index contributed by atoms with van der Waals surface area (Å²) in [7, 11) is 0. The van der Waals surface area contributed by atoms with Crippen molar-refractivity contribution in [2.24, 2.45) is 0 Å². The van der Waals surface area contributed by atoms with E-state index in [0.29, 0.717) is 7.14 Å². The minimum Gasteiger partial charge on any atom is -0.464 e. The van der Waals surface area contributed by atoms with Gasteiger partial charge < -0.3 is 24.4 Å². The molecule has 1 aromatic carbocycles. The lowest BCUT2D eigenvalue weighted by molar-refractivity contribution is -0.155. The molecule has 0 aliphatic carbocycles. The van der Waals surface area contributed by atoms with Crippen molar-refractivity contribution in [1.82, 2.24) is 5.32 Å². The molecule has 1 atom stereocenters. The quantitative estimate of drug-likeness (QED) is 0.117. The van der Waals surface area contributed by atoms with Gasteiger partial charge in [0.25, 0.3) is 11.1 Å². The number of halogens is 4. The molecule has 1 N–H and O–H groups in total. The molecular formula is C21H22ClI3N2O9. The third-order valence-electron chi connectivity index (χ3n) is 4.25. The molecule has 1 aromatic rings. The molecule has 0 aliphatic rings. The number of nitrogens with zero attached hydrogens (tertiary/aromatic N) is 1. The Labute approximate surface area is 253 Å². The van der Waals surface area contributed by atoms with Gasteiger partial charge in [0.2, 0.25) is 5.91 Å². The summed E-state index contributed by atoms with van der Waals surface area (Å²) < 4.78 is 15.9. The van der Waals surface area contributed by atoms with Crippen LogP contribution in [0.3, 0.4) is 0 Å². The highest BCUT2D eigenvalue weighted by Crippen LogP contribution is 2.39. The highest BCUT2D eigenvalue weighted by molar-refractivity contribution is 14.1. The SMILES string of the molecule is CC(=O)OCCNC(=O)c1c(I)c(C(=O)Cl)c(I)c(N(CC(COC(C)=O)OC(C)=O)C(C)=O)c1I. The minimum atomic E-state index is -1.03. The van der Waals surface area contributed by atoms with Crippen LogP contribution in [0.15, 0.2) is 0 Å². The van der Waals surface area contributed by atoms with Crippen LogP contribution >= 0.6 is 79.4 Å². The maximum atomic E-state index is 13.1. The van der Waals surface area contributed by atoms with Crippen LogP contribution in [0, 0.1) is 10.7 Å². The van der Waals surface area contributed by atoms with E-state index >= 15 is 0 Å². The molecule has 0 aromatic heterocycles. The molecule has 0 spiro atoms. The second kappa shape index (κ2) is 15.2. The van der Waals surface area contributed by atoms with Crippen molar-refractivity contribution in [2.45, 2.75) is 33.8 Å². The molecule has 0 aliphatic heterocycles. The topological polar surface area (TPSA) is 145 Å². The molecule has 15 heteroatoms. The second-order valence-corrected chi connectivity index (χ2v) is 10.7. The van der Waals surface area contributed by atoms with Gasteiger partial charge in [-0.05, 0) is 79.4 Å². The van der Waals surface area contributed by atoms with Gasteiger partial charge in [-0.15, -0.1) is 0 Å². The molecule has 2 amide bonds. The first-order valence-electron chi connectivity index (χ1n) is 10.1. The van der Waals surface area contributed by atoms with Crippen LogP contribution in [-0.2, 0) is 33.4 Å². The monoisotopic (exact) mass is 862 g/mol. The molecule has 0 saturated carbocycles. The molecular weight excluding hydrogens is 840 g/mol. The molecule has 0 saturated heterocycles. The van der Waals surface area contributed by atoms with Crippen LogP contribution in [-0.4, -0.2) is 67.4 Å². The Morgan fingerprint density at radius 2 is 1.42 bits per heavy atom. The predicted molar refractivity (Wildman–Crippen MR) is 154 cm³/mol. The van der Waals surface area contributed by atoms with E-state index in [1.54, 1.807) is 0 Å². The number of ether oxygens (including phenoxy) is 3. The predicted octanol–water partition coefficient (Wildman–Crippen LogP) is 3.02. The van der Waals surface area contributed by atoms with Crippen LogP contribution in [0.5, 0.6) is 0 Å². The highest BCUT2D eigenvalue weighted by atomic mass is 127. The van der Waals surface area contributed by atoms with E-state index < -0.39 is 41.1 Å². The summed E-state index contributed by atoms with van der Waals surface area (Å²) >= 11 is 11.4. The van der Waals surface area contributed by atoms with Gasteiger partial charge in [0.1, 0.15) is 13.2 Å². The summed E-state index contributed by atoms with van der Waals surface area (Å²) in [5.41, 5.74) is 0.278. The molecule has 36 heavy (non-hydrogen) atoms. The van der Waals surface area contributed by atoms with Crippen molar-refractivity contribution in [1.29, 1.82) is 0 Å². The third kappa shape index (κ3) is 9.55. The zero-order valence-electron chi connectivity index (χ0n) is 19.5. The number of esters is 3. The fourth-order valence-electron chi connectivity index (χ4n) is 2.86. The van der Waals surface area contributed by atoms with E-state index in [0.717, 1.165) is 0 Å². The molecule has 1 unspecified atom stereocenters. The number of anilines is 1. The molecule has 1 rings (SSSR count). The van der Waals surface area contributed by atoms with Crippen LogP contribution in [0.1, 0.15) is 48.4 Å². The summed E-state index contributed by atoms with van der Waals surface area (Å²) in [6.07, 6.45) is -1.03. The van der Waals surface area contributed by atoms with E-state index in [9.17, 15) is 28.8 Å². The third-order valence-corrected chi connectivity index (χ3v) is 7.62. The second-order valence-electron chi connectivity index (χ2n) is 7.07. The van der Waals surface area contributed by atoms with E-state index in [4.69, 9.17) is 25.8 Å². The number of nitrogens with one attached hydrogen (secondary N) is 1. The first kappa shape index (κ1) is 32.7. The van der Waals surface area contributed by atoms with Gasteiger partial charge in [0.05, 0.1) is 37.0 Å². The van der Waals surface area contributed by atoms with Gasteiger partial charge >= 0.3 is 17.9 Å². The van der Waals surface area contributed by atoms with Gasteiger partial charge in [-0.1, -0.05) is 0 Å². The summed E-state index contributed by atoms with van der Waals surface area (Å²) in [6, 6.07) is 0. The summed E-state index contributed by atoms with van der Waals surface area (Å²) in [4.78, 5) is 73.2. The van der Waals surface area contributed by atoms with E-state index in [1.807, 2.05) is 67.8 Å². The molecule has 0 bridgehead atoms. The van der Waals surface area contributed by atoms with Gasteiger partial charge in [-0.3, -0.25) is 28.8 Å². The van der Waals surface area contributed by atoms with E-state index in [2.05, 4.69) is 5.32 Å². The fraction of sp³-hybridized carbons (Fsp3) is 0.429. The lowest BCUT2D eigenvalue weighted by atomic mass is 10.1. The average molecular weight is 863 g/mol. The molecule has 0 heterocycles. The molecule has 11 nitrogen and oxygen atoms in total. The van der Waals surface area contributed by atoms with Gasteiger partial charge in [-0.2, -0.15) is 0 Å². The Kier molecular flexibility index (Phi) is 13.8. The molecule has 198 valence electrons. The van der Waals surface area contributed by atoms with Crippen LogP contribution in [0.2, 0.25) is 0 Å². The summed E-state index contributed by atoms with van der Waals surface area (Å²) in [5.74, 6) is -2.86. The number of hydrogen-bond acceptors (Lipinski definition) is 9. The zero-order valence-corrected chi connectivity index (χ0v) is 26.8. The lowest BCUT2D eigenvalue weighted by Gasteiger charge is -2.29. The van der Waals surface area contributed by atoms with E-state index in [-0.39, 0.29) is 46.7 Å². The Morgan fingerprint density at radius 3 is 1.89 bits per heavy atom. The number of amides is 2. The largest absolute Gasteiger partial charge is 0.464 e. The standard InChI is InChI=1S/C21H22ClI3N2O9/c1-9(28)27(7-13(36-12(4)31)8-35-11(3)30)19-17(24)14(20(22)32)16(23)15(18(19)25)21(33)26-5-6-34-10(2)29/h13H,5-8H2,1-4H3,(H,26,33). The molecule has 0 fully saturated rings. The zero-order chi connectivity index (χ0) is 27.7. The van der Waals surface area contributed by atoms with Gasteiger partial charge in [0.15, 0.2) is 6.10 Å². The normalized spacial score (nSPS) is 11.2. The molecule has 0 radical (unpaired) electrons. The average Bonchev–Trinajstić information content (AvgIpc) is 2.73. The van der Waals surface area contributed by atoms with Crippen molar-refractivity contribution < 1.29 is 43.0 Å². The highest BCUT2D eigenvalue weighted by Gasteiger charge is 2.32. The lowest BCUT2D eigenvalue weighted by Crippen LogP contribution is -2.42. The number of carbonyl (C=O) groups is 6. The Hall–Kier alpha value is -1.28. The number of rotatable bonds is 11. The van der Waals surface area contributed by atoms with Crippen LogP contribution in [0.25, 0.3) is 0 Å². The Morgan fingerprint density at radius 1 is 0.861 bits per heavy atom. The first-order chi connectivity index (χ1) is 16.7. The van der Waals surface area contributed by atoms with Crippen molar-refractivity contribution >= 4 is 120 Å². The summed E-state index contributed by atoms with van der Waals surface area (Å²) in [6.45, 7) is 4.22. The fourth-order valence-corrected chi connectivity index (χ4v) is 8.09. The van der Waals surface area contributed by atoms with Crippen molar-refractivity contribution in [2.75, 3.05) is 31.2 Å². The van der Waals surface area contributed by atoms with Crippen molar-refractivity contribution in [3.05, 3.63) is 21.8 Å². The number of benzene rings is 1. The number of hydrogen-bond donors (Lipinski definition) is 1. The van der Waals surface area contributed by atoms with Crippen LogP contribution < -0.4 is 10.2 Å². The van der Waals surface area contributed by atoms with Crippen molar-refractivity contribution in [3.8, 4) is 0 Å². The Balaban J connectivity index is 3.60.